The van der Waals surface area contributed by atoms with Gasteiger partial charge in [-0.25, -0.2) is 4.98 Å². The maximum absolute atomic E-state index is 12.0. The normalized spacial score (nSPS) is 17.0. The Hall–Kier alpha value is -1.66. The number of piperidine rings is 1. The van der Waals surface area contributed by atoms with Crippen molar-refractivity contribution in [1.29, 1.82) is 0 Å². The van der Waals surface area contributed by atoms with Crippen molar-refractivity contribution >= 4 is 17.2 Å². The molecule has 1 N–H and O–H groups in total. The third-order valence-electron chi connectivity index (χ3n) is 3.94. The van der Waals surface area contributed by atoms with Gasteiger partial charge in [-0.15, -0.1) is 0 Å². The van der Waals surface area contributed by atoms with Crippen LogP contribution in [0.25, 0.3) is 0 Å². The Morgan fingerprint density at radius 3 is 2.90 bits per heavy atom. The van der Waals surface area contributed by atoms with Gasteiger partial charge in [-0.2, -0.15) is 11.3 Å². The third-order valence-corrected chi connectivity index (χ3v) is 4.62. The fourth-order valence-corrected chi connectivity index (χ4v) is 3.28. The van der Waals surface area contributed by atoms with E-state index in [1.165, 1.54) is 0 Å². The van der Waals surface area contributed by atoms with Gasteiger partial charge in [0.2, 0.25) is 0 Å². The van der Waals surface area contributed by atoms with Crippen molar-refractivity contribution in [2.24, 2.45) is 0 Å². The molecule has 0 spiro atoms. The number of hydrogen-bond donors (Lipinski definition) is 1. The van der Waals surface area contributed by atoms with Crippen LogP contribution in [0.15, 0.2) is 35.5 Å². The first-order chi connectivity index (χ1) is 10.3. The lowest BCUT2D eigenvalue weighted by Gasteiger charge is -2.32. The van der Waals surface area contributed by atoms with Crippen LogP contribution in [0.5, 0.6) is 0 Å². The largest absolute Gasteiger partial charge is 0.349 e. The van der Waals surface area contributed by atoms with Crippen LogP contribution in [0, 0.1) is 0 Å². The van der Waals surface area contributed by atoms with E-state index in [0.717, 1.165) is 44.6 Å². The molecule has 1 aliphatic heterocycles. The molecule has 0 radical (unpaired) electrons. The highest BCUT2D eigenvalue weighted by molar-refractivity contribution is 7.08. The lowest BCUT2D eigenvalue weighted by molar-refractivity contribution is 0.0910. The average molecular weight is 304 g/mol. The molecule has 2 aromatic heterocycles. The summed E-state index contributed by atoms with van der Waals surface area (Å²) >= 11 is 1.56. The zero-order valence-corrected chi connectivity index (χ0v) is 12.8. The van der Waals surface area contributed by atoms with Crippen LogP contribution in [0.1, 0.15) is 23.2 Å². The summed E-state index contributed by atoms with van der Waals surface area (Å²) in [6.45, 7) is 4.11. The summed E-state index contributed by atoms with van der Waals surface area (Å²) in [6, 6.07) is 2.18. The minimum Gasteiger partial charge on any atom is -0.349 e. The number of likely N-dealkylation sites (tertiary alicyclic amines) is 1. The van der Waals surface area contributed by atoms with Crippen molar-refractivity contribution in [3.8, 4) is 0 Å². The summed E-state index contributed by atoms with van der Waals surface area (Å²) in [6.07, 6.45) is 7.72. The van der Waals surface area contributed by atoms with Gasteiger partial charge in [0.15, 0.2) is 0 Å². The lowest BCUT2D eigenvalue weighted by Crippen LogP contribution is -2.45. The number of nitrogens with zero attached hydrogens (tertiary/aromatic N) is 3. The van der Waals surface area contributed by atoms with Gasteiger partial charge in [0.25, 0.3) is 5.91 Å². The summed E-state index contributed by atoms with van der Waals surface area (Å²) in [5, 5.41) is 6.97. The predicted octanol–water partition coefficient (Wildman–Crippen LogP) is 1.84. The minimum absolute atomic E-state index is 0.0631. The van der Waals surface area contributed by atoms with Gasteiger partial charge in [0.1, 0.15) is 0 Å². The monoisotopic (exact) mass is 304 g/mol. The van der Waals surface area contributed by atoms with Gasteiger partial charge in [0, 0.05) is 55.6 Å². The fourth-order valence-electron chi connectivity index (χ4n) is 2.64. The van der Waals surface area contributed by atoms with E-state index >= 15 is 0 Å². The molecule has 0 bridgehead atoms. The summed E-state index contributed by atoms with van der Waals surface area (Å²) in [5.74, 6) is 0.0631. The number of carbonyl (C=O) groups is 1. The van der Waals surface area contributed by atoms with Crippen LogP contribution in [0.2, 0.25) is 0 Å². The molecule has 6 heteroatoms. The topological polar surface area (TPSA) is 50.2 Å². The molecular weight excluding hydrogens is 284 g/mol. The molecule has 112 valence electrons. The molecule has 0 aromatic carbocycles. The Labute approximate surface area is 128 Å². The second-order valence-electron chi connectivity index (χ2n) is 5.40. The van der Waals surface area contributed by atoms with E-state index in [-0.39, 0.29) is 5.91 Å². The molecule has 3 heterocycles. The highest BCUT2D eigenvalue weighted by Gasteiger charge is 2.20. The maximum Gasteiger partial charge on any atom is 0.252 e. The minimum atomic E-state index is 0.0631. The van der Waals surface area contributed by atoms with E-state index in [0.29, 0.717) is 6.04 Å². The van der Waals surface area contributed by atoms with E-state index in [1.807, 2.05) is 35.5 Å². The fraction of sp³-hybridized carbons (Fsp3) is 0.467. The zero-order chi connectivity index (χ0) is 14.5. The van der Waals surface area contributed by atoms with Gasteiger partial charge in [-0.1, -0.05) is 0 Å². The highest BCUT2D eigenvalue weighted by Crippen LogP contribution is 2.12. The Morgan fingerprint density at radius 1 is 1.38 bits per heavy atom. The first-order valence-electron chi connectivity index (χ1n) is 7.32. The number of aromatic nitrogens is 2. The van der Waals surface area contributed by atoms with Crippen LogP contribution in [-0.2, 0) is 6.54 Å². The van der Waals surface area contributed by atoms with Crippen molar-refractivity contribution < 1.29 is 4.79 Å². The molecule has 2 aromatic rings. The first-order valence-corrected chi connectivity index (χ1v) is 8.27. The van der Waals surface area contributed by atoms with Crippen LogP contribution >= 0.6 is 11.3 Å². The van der Waals surface area contributed by atoms with E-state index in [1.54, 1.807) is 11.3 Å². The Kier molecular flexibility index (Phi) is 4.67. The van der Waals surface area contributed by atoms with Gasteiger partial charge in [-0.3, -0.25) is 4.79 Å². The molecule has 1 fully saturated rings. The van der Waals surface area contributed by atoms with Crippen LogP contribution in [-0.4, -0.2) is 46.0 Å². The quantitative estimate of drug-likeness (QED) is 0.917. The molecule has 0 saturated carbocycles. The number of rotatable bonds is 5. The molecule has 1 aliphatic rings. The van der Waals surface area contributed by atoms with Crippen LogP contribution < -0.4 is 5.32 Å². The number of carbonyl (C=O) groups excluding carboxylic acids is 1. The maximum atomic E-state index is 12.0. The van der Waals surface area contributed by atoms with Crippen molar-refractivity contribution in [2.75, 3.05) is 19.6 Å². The molecule has 3 rings (SSSR count). The Morgan fingerprint density at radius 2 is 2.24 bits per heavy atom. The van der Waals surface area contributed by atoms with E-state index < -0.39 is 0 Å². The molecule has 5 nitrogen and oxygen atoms in total. The van der Waals surface area contributed by atoms with Crippen LogP contribution in [0.3, 0.4) is 0 Å². The van der Waals surface area contributed by atoms with Crippen molar-refractivity contribution in [2.45, 2.75) is 25.4 Å². The summed E-state index contributed by atoms with van der Waals surface area (Å²) < 4.78 is 2.10. The Balaban J connectivity index is 1.39. The lowest BCUT2D eigenvalue weighted by atomic mass is 10.0. The molecule has 0 aliphatic carbocycles. The van der Waals surface area contributed by atoms with Crippen LogP contribution in [0.4, 0.5) is 0 Å². The summed E-state index contributed by atoms with van der Waals surface area (Å²) in [7, 11) is 0. The summed E-state index contributed by atoms with van der Waals surface area (Å²) in [4.78, 5) is 18.5. The average Bonchev–Trinajstić information content (AvgIpc) is 3.20. The second-order valence-corrected chi connectivity index (χ2v) is 6.18. The highest BCUT2D eigenvalue weighted by atomic mass is 32.1. The number of imidazole rings is 1. The molecular formula is C15H20N4OS. The van der Waals surface area contributed by atoms with Gasteiger partial charge < -0.3 is 14.8 Å². The number of amides is 1. The van der Waals surface area contributed by atoms with Gasteiger partial charge in [0.05, 0.1) is 6.33 Å². The molecule has 0 atom stereocenters. The van der Waals surface area contributed by atoms with Gasteiger partial charge in [-0.05, 0) is 24.3 Å². The smallest absolute Gasteiger partial charge is 0.252 e. The molecule has 0 unspecified atom stereocenters. The summed E-state index contributed by atoms with van der Waals surface area (Å²) in [5.41, 5.74) is 0.780. The van der Waals surface area contributed by atoms with Crippen molar-refractivity contribution in [3.63, 3.8) is 0 Å². The van der Waals surface area contributed by atoms with E-state index in [4.69, 9.17) is 0 Å². The second kappa shape index (κ2) is 6.87. The van der Waals surface area contributed by atoms with Crippen molar-refractivity contribution in [3.05, 3.63) is 41.1 Å². The third kappa shape index (κ3) is 3.92. The van der Waals surface area contributed by atoms with E-state index in [9.17, 15) is 4.79 Å². The van der Waals surface area contributed by atoms with E-state index in [2.05, 4.69) is 19.8 Å². The first kappa shape index (κ1) is 14.3. The Bertz CT molecular complexity index is 544. The number of hydrogen-bond acceptors (Lipinski definition) is 4. The van der Waals surface area contributed by atoms with Gasteiger partial charge >= 0.3 is 0 Å². The molecule has 1 saturated heterocycles. The number of nitrogens with one attached hydrogen (secondary N) is 1. The molecule has 1 amide bonds. The SMILES string of the molecule is O=C(NC1CCN(CCn2ccnc2)CC1)c1ccsc1. The predicted molar refractivity (Wildman–Crippen MR) is 83.5 cm³/mol. The van der Waals surface area contributed by atoms with Crippen molar-refractivity contribution in [1.82, 2.24) is 19.8 Å². The zero-order valence-electron chi connectivity index (χ0n) is 11.9. The molecule has 21 heavy (non-hydrogen) atoms. The number of thiophene rings is 1. The standard InChI is InChI=1S/C15H20N4OS/c20-15(13-3-10-21-11-13)17-14-1-5-18(6-2-14)8-9-19-7-4-16-12-19/h3-4,7,10-12,14H,1-2,5-6,8-9H2,(H,17,20).